The molecule has 2 aliphatic rings. The van der Waals surface area contributed by atoms with E-state index in [1.54, 1.807) is 14.2 Å². The van der Waals surface area contributed by atoms with Gasteiger partial charge in [0.05, 0.1) is 25.9 Å². The molecular weight excluding hydrogens is 406 g/mol. The van der Waals surface area contributed by atoms with Gasteiger partial charge in [0.2, 0.25) is 5.91 Å². The molecule has 8 nitrogen and oxygen atoms in total. The van der Waals surface area contributed by atoms with Crippen LogP contribution in [0.15, 0.2) is 29.3 Å². The number of carbonyl (C=O) groups is 1. The Morgan fingerprint density at radius 3 is 2.57 bits per heavy atom. The molecule has 2 fully saturated rings. The summed E-state index contributed by atoms with van der Waals surface area (Å²) in [4.78, 5) is 23.2. The molecule has 2 saturated heterocycles. The predicted molar refractivity (Wildman–Crippen MR) is 118 cm³/mol. The summed E-state index contributed by atoms with van der Waals surface area (Å²) in [5.41, 5.74) is 1.03. The topological polar surface area (TPSA) is 69.6 Å². The van der Waals surface area contributed by atoms with Crippen LogP contribution in [-0.4, -0.2) is 106 Å². The maximum absolute atomic E-state index is 12.5. The Bertz CT molecular complexity index is 718. The third-order valence-electron chi connectivity index (χ3n) is 5.56. The Hall–Kier alpha value is -1.87. The molecule has 0 radical (unpaired) electrons. The molecule has 1 aromatic carbocycles. The Balaban J connectivity index is 1.45. The summed E-state index contributed by atoms with van der Waals surface area (Å²) in [6.07, 6.45) is -0.118. The van der Waals surface area contributed by atoms with Crippen LogP contribution < -0.4 is 5.32 Å². The molecule has 0 spiro atoms. The van der Waals surface area contributed by atoms with Crippen LogP contribution >= 0.6 is 11.6 Å². The van der Waals surface area contributed by atoms with E-state index in [0.717, 1.165) is 37.7 Å². The van der Waals surface area contributed by atoms with Crippen LogP contribution in [0.5, 0.6) is 0 Å². The van der Waals surface area contributed by atoms with E-state index in [1.807, 2.05) is 29.2 Å². The zero-order valence-corrected chi connectivity index (χ0v) is 18.6. The number of methoxy groups -OCH3 is 1. The van der Waals surface area contributed by atoms with Crippen LogP contribution in [0.4, 0.5) is 0 Å². The summed E-state index contributed by atoms with van der Waals surface area (Å²) in [7, 11) is 3.48. The number of rotatable bonds is 6. The number of amides is 1. The third-order valence-corrected chi connectivity index (χ3v) is 5.79. The molecular formula is C21H32ClN5O3. The van der Waals surface area contributed by atoms with E-state index >= 15 is 0 Å². The van der Waals surface area contributed by atoms with Gasteiger partial charge in [0.15, 0.2) is 5.96 Å². The minimum Gasteiger partial charge on any atom is -0.378 e. The van der Waals surface area contributed by atoms with E-state index in [0.29, 0.717) is 44.4 Å². The SMILES string of the molecule is CN=C(NCC(OC)c1cccc(Cl)c1)N1CCN(CC(=O)N2CCOCC2)CC1. The fraction of sp³-hybridized carbons (Fsp3) is 0.619. The Morgan fingerprint density at radius 1 is 1.20 bits per heavy atom. The predicted octanol–water partition coefficient (Wildman–Crippen LogP) is 1.08. The number of benzene rings is 1. The number of hydrogen-bond donors (Lipinski definition) is 1. The van der Waals surface area contributed by atoms with Crippen molar-refractivity contribution in [2.45, 2.75) is 6.10 Å². The number of hydrogen-bond acceptors (Lipinski definition) is 5. The molecule has 166 valence electrons. The first-order valence-corrected chi connectivity index (χ1v) is 10.8. The van der Waals surface area contributed by atoms with Crippen LogP contribution in [0, 0.1) is 0 Å². The first-order valence-electron chi connectivity index (χ1n) is 10.4. The zero-order valence-electron chi connectivity index (χ0n) is 17.8. The molecule has 2 heterocycles. The average Bonchev–Trinajstić information content (AvgIpc) is 2.78. The molecule has 9 heteroatoms. The van der Waals surface area contributed by atoms with Crippen molar-refractivity contribution in [1.82, 2.24) is 20.0 Å². The number of ether oxygens (including phenoxy) is 2. The average molecular weight is 438 g/mol. The van der Waals surface area contributed by atoms with Gasteiger partial charge in [-0.05, 0) is 17.7 Å². The lowest BCUT2D eigenvalue weighted by Crippen LogP contribution is -2.55. The normalized spacial score (nSPS) is 19.6. The minimum absolute atomic E-state index is 0.118. The van der Waals surface area contributed by atoms with Gasteiger partial charge in [0.1, 0.15) is 0 Å². The summed E-state index contributed by atoms with van der Waals surface area (Å²) >= 11 is 6.11. The van der Waals surface area contributed by atoms with Crippen LogP contribution in [0.25, 0.3) is 0 Å². The van der Waals surface area contributed by atoms with Crippen LogP contribution in [0.3, 0.4) is 0 Å². The second-order valence-corrected chi connectivity index (χ2v) is 7.90. The monoisotopic (exact) mass is 437 g/mol. The van der Waals surface area contributed by atoms with Crippen molar-refractivity contribution in [3.05, 3.63) is 34.9 Å². The van der Waals surface area contributed by atoms with E-state index in [-0.39, 0.29) is 12.0 Å². The van der Waals surface area contributed by atoms with E-state index in [2.05, 4.69) is 20.1 Å². The van der Waals surface area contributed by atoms with Crippen molar-refractivity contribution in [1.29, 1.82) is 0 Å². The lowest BCUT2D eigenvalue weighted by molar-refractivity contribution is -0.136. The minimum atomic E-state index is -0.118. The van der Waals surface area contributed by atoms with E-state index in [9.17, 15) is 4.79 Å². The smallest absolute Gasteiger partial charge is 0.236 e. The Kier molecular flexibility index (Phi) is 8.74. The van der Waals surface area contributed by atoms with E-state index in [1.165, 1.54) is 0 Å². The molecule has 0 aromatic heterocycles. The number of aliphatic imine (C=N–C) groups is 1. The fourth-order valence-electron chi connectivity index (χ4n) is 3.78. The maximum atomic E-state index is 12.5. The number of guanidine groups is 1. The van der Waals surface area contributed by atoms with Gasteiger partial charge in [-0.25, -0.2) is 0 Å². The van der Waals surface area contributed by atoms with Crippen molar-refractivity contribution < 1.29 is 14.3 Å². The van der Waals surface area contributed by atoms with E-state index < -0.39 is 0 Å². The molecule has 1 aromatic rings. The summed E-state index contributed by atoms with van der Waals surface area (Å²) in [6, 6.07) is 7.71. The van der Waals surface area contributed by atoms with Crippen LogP contribution in [-0.2, 0) is 14.3 Å². The largest absolute Gasteiger partial charge is 0.378 e. The number of morpholine rings is 1. The van der Waals surface area contributed by atoms with Crippen LogP contribution in [0.2, 0.25) is 5.02 Å². The maximum Gasteiger partial charge on any atom is 0.236 e. The number of nitrogens with zero attached hydrogens (tertiary/aromatic N) is 4. The molecule has 1 unspecified atom stereocenters. The molecule has 0 bridgehead atoms. The number of halogens is 1. The summed E-state index contributed by atoms with van der Waals surface area (Å²) in [6.45, 7) is 7.05. The number of piperazine rings is 1. The molecule has 1 atom stereocenters. The van der Waals surface area contributed by atoms with E-state index in [4.69, 9.17) is 21.1 Å². The van der Waals surface area contributed by atoms with Gasteiger partial charge in [-0.1, -0.05) is 23.7 Å². The molecule has 1 amide bonds. The third kappa shape index (κ3) is 6.31. The summed E-state index contributed by atoms with van der Waals surface area (Å²) in [5.74, 6) is 1.04. The lowest BCUT2D eigenvalue weighted by atomic mass is 10.1. The van der Waals surface area contributed by atoms with Gasteiger partial charge in [-0.3, -0.25) is 14.7 Å². The second-order valence-electron chi connectivity index (χ2n) is 7.46. The second kappa shape index (κ2) is 11.5. The van der Waals surface area contributed by atoms with Gasteiger partial charge in [-0.15, -0.1) is 0 Å². The van der Waals surface area contributed by atoms with Crippen molar-refractivity contribution in [2.24, 2.45) is 4.99 Å². The first kappa shape index (κ1) is 22.8. The van der Waals surface area contributed by atoms with Gasteiger partial charge in [0.25, 0.3) is 0 Å². The van der Waals surface area contributed by atoms with Crippen molar-refractivity contribution in [3.8, 4) is 0 Å². The number of nitrogens with one attached hydrogen (secondary N) is 1. The highest BCUT2D eigenvalue weighted by Crippen LogP contribution is 2.20. The standard InChI is InChI=1S/C21H32ClN5O3/c1-23-21(24-15-19(29-2)17-4-3-5-18(22)14-17)27-8-6-25(7-9-27)16-20(28)26-10-12-30-13-11-26/h3-5,14,19H,6-13,15-16H2,1-2H3,(H,23,24). The molecule has 30 heavy (non-hydrogen) atoms. The van der Waals surface area contributed by atoms with Crippen LogP contribution in [0.1, 0.15) is 11.7 Å². The van der Waals surface area contributed by atoms with Gasteiger partial charge >= 0.3 is 0 Å². The Labute approximate surface area is 183 Å². The van der Waals surface area contributed by atoms with Crippen molar-refractivity contribution >= 4 is 23.5 Å². The highest BCUT2D eigenvalue weighted by molar-refractivity contribution is 6.30. The molecule has 0 aliphatic carbocycles. The van der Waals surface area contributed by atoms with Gasteiger partial charge in [-0.2, -0.15) is 0 Å². The fourth-order valence-corrected chi connectivity index (χ4v) is 3.98. The highest BCUT2D eigenvalue weighted by atomic mass is 35.5. The zero-order chi connectivity index (χ0) is 21.3. The highest BCUT2D eigenvalue weighted by Gasteiger charge is 2.24. The molecule has 3 rings (SSSR count). The Morgan fingerprint density at radius 2 is 1.93 bits per heavy atom. The first-order chi connectivity index (χ1) is 14.6. The molecule has 2 aliphatic heterocycles. The van der Waals surface area contributed by atoms with Gasteiger partial charge in [0, 0.05) is 65.0 Å². The van der Waals surface area contributed by atoms with Crippen molar-refractivity contribution in [2.75, 3.05) is 79.7 Å². The van der Waals surface area contributed by atoms with Gasteiger partial charge < -0.3 is 24.6 Å². The van der Waals surface area contributed by atoms with Crippen molar-refractivity contribution in [3.63, 3.8) is 0 Å². The molecule has 0 saturated carbocycles. The molecule has 1 N–H and O–H groups in total. The lowest BCUT2D eigenvalue weighted by Gasteiger charge is -2.37. The summed E-state index contributed by atoms with van der Waals surface area (Å²) in [5, 5.41) is 4.11. The summed E-state index contributed by atoms with van der Waals surface area (Å²) < 4.78 is 11.0. The quantitative estimate of drug-likeness (QED) is 0.530. The number of carbonyl (C=O) groups excluding carboxylic acids is 1.